The molecule has 2 bridgehead atoms. The summed E-state index contributed by atoms with van der Waals surface area (Å²) >= 11 is 0. The lowest BCUT2D eigenvalue weighted by molar-refractivity contribution is -0.0789. The average Bonchev–Trinajstić information content (AvgIpc) is 3.00. The van der Waals surface area contributed by atoms with Crippen LogP contribution in [0.3, 0.4) is 0 Å². The summed E-state index contributed by atoms with van der Waals surface area (Å²) < 4.78 is 40.8. The number of hydrogen-bond acceptors (Lipinski definition) is 8. The first-order valence-electron chi connectivity index (χ1n) is 11.5. The molecule has 4 rings (SSSR count). The van der Waals surface area contributed by atoms with Gasteiger partial charge < -0.3 is 19.1 Å². The van der Waals surface area contributed by atoms with Crippen LogP contribution in [0, 0.1) is 0 Å². The Bertz CT molecular complexity index is 885. The highest BCUT2D eigenvalue weighted by Gasteiger charge is 2.45. The molecule has 3 atom stereocenters. The first-order valence-corrected chi connectivity index (χ1v) is 13.4. The fourth-order valence-electron chi connectivity index (χ4n) is 5.08. The zero-order chi connectivity index (χ0) is 22.9. The molecule has 3 aliphatic rings. The number of sulfone groups is 1. The number of nitrogens with zero attached hydrogens (tertiary/aromatic N) is 3. The van der Waals surface area contributed by atoms with Gasteiger partial charge in [-0.1, -0.05) is 0 Å². The largest absolute Gasteiger partial charge is 0.473 e. The molecule has 9 nitrogen and oxygen atoms in total. The van der Waals surface area contributed by atoms with Crippen LogP contribution in [-0.4, -0.2) is 72.1 Å². The second kappa shape index (κ2) is 9.51. The van der Waals surface area contributed by atoms with Crippen LogP contribution in [0.1, 0.15) is 65.2 Å². The molecule has 1 saturated carbocycles. The summed E-state index contributed by atoms with van der Waals surface area (Å²) in [6.07, 6.45) is 11.2. The highest BCUT2D eigenvalue weighted by Crippen LogP contribution is 2.39. The van der Waals surface area contributed by atoms with Gasteiger partial charge >= 0.3 is 6.09 Å². The topological polar surface area (TPSA) is 108 Å². The molecule has 3 fully saturated rings. The van der Waals surface area contributed by atoms with Gasteiger partial charge in [0.15, 0.2) is 14.9 Å². The zero-order valence-corrected chi connectivity index (χ0v) is 19.8. The maximum Gasteiger partial charge on any atom is 0.410 e. The van der Waals surface area contributed by atoms with Gasteiger partial charge in [0, 0.05) is 18.3 Å². The summed E-state index contributed by atoms with van der Waals surface area (Å²) in [7, 11) is -3.37. The first-order chi connectivity index (χ1) is 15.2. The van der Waals surface area contributed by atoms with Gasteiger partial charge in [0.2, 0.25) is 5.88 Å². The van der Waals surface area contributed by atoms with E-state index in [2.05, 4.69) is 9.97 Å². The third-order valence-corrected chi connectivity index (χ3v) is 7.49. The van der Waals surface area contributed by atoms with E-state index in [0.29, 0.717) is 5.88 Å². The van der Waals surface area contributed by atoms with Crippen molar-refractivity contribution in [1.29, 1.82) is 0 Å². The molecule has 178 valence electrons. The maximum absolute atomic E-state index is 12.4. The van der Waals surface area contributed by atoms with E-state index in [0.717, 1.165) is 57.6 Å². The molecule has 1 aromatic heterocycles. The molecule has 0 N–H and O–H groups in total. The minimum atomic E-state index is -3.37. The summed E-state index contributed by atoms with van der Waals surface area (Å²) in [5.41, 5.74) is 0. The molecule has 1 unspecified atom stereocenters. The Morgan fingerprint density at radius 1 is 0.969 bits per heavy atom. The first kappa shape index (κ1) is 23.2. The van der Waals surface area contributed by atoms with Gasteiger partial charge in [-0.15, -0.1) is 0 Å². The Kier molecular flexibility index (Phi) is 6.90. The van der Waals surface area contributed by atoms with E-state index in [1.165, 1.54) is 12.4 Å². The lowest BCUT2D eigenvalue weighted by atomic mass is 9.93. The molecule has 1 aliphatic carbocycles. The Hall–Kier alpha value is -1.94. The van der Waals surface area contributed by atoms with Crippen molar-refractivity contribution in [3.8, 4) is 5.88 Å². The van der Waals surface area contributed by atoms with Crippen molar-refractivity contribution >= 4 is 15.9 Å². The van der Waals surface area contributed by atoms with Crippen LogP contribution in [0.2, 0.25) is 0 Å². The number of amides is 1. The van der Waals surface area contributed by atoms with Crippen molar-refractivity contribution < 1.29 is 27.4 Å². The van der Waals surface area contributed by atoms with Gasteiger partial charge in [-0.25, -0.2) is 23.2 Å². The highest BCUT2D eigenvalue weighted by molar-refractivity contribution is 7.90. The van der Waals surface area contributed by atoms with Crippen LogP contribution >= 0.6 is 0 Å². The lowest BCUT2D eigenvalue weighted by Crippen LogP contribution is -2.50. The van der Waals surface area contributed by atoms with Gasteiger partial charge in [0.05, 0.1) is 30.7 Å². The van der Waals surface area contributed by atoms with E-state index >= 15 is 0 Å². The van der Waals surface area contributed by atoms with Gasteiger partial charge in [-0.3, -0.25) is 0 Å². The van der Waals surface area contributed by atoms with E-state index in [1.54, 1.807) is 0 Å². The molecule has 10 heteroatoms. The minimum absolute atomic E-state index is 0.0251. The number of carbonyl (C=O) groups is 1. The van der Waals surface area contributed by atoms with Crippen LogP contribution in [0.4, 0.5) is 4.79 Å². The monoisotopic (exact) mass is 467 g/mol. The Morgan fingerprint density at radius 3 is 2.12 bits per heavy atom. The standard InChI is InChI=1S/C22H33N3O6S/c1-14(2)29-22(26)25-15-4-5-16(25)11-19(10-15)30-17-6-8-18(9-7-17)31-20-12-24-21(13-23-20)32(3,27)28/h12-19H,4-11H2,1-3H3/t15-,16+,17?,18?,19?. The van der Waals surface area contributed by atoms with Crippen molar-refractivity contribution in [3.05, 3.63) is 12.4 Å². The van der Waals surface area contributed by atoms with E-state index < -0.39 is 9.84 Å². The van der Waals surface area contributed by atoms with Crippen LogP contribution < -0.4 is 4.74 Å². The fraction of sp³-hybridized carbons (Fsp3) is 0.773. The molecule has 0 radical (unpaired) electrons. The molecule has 3 heterocycles. The fourth-order valence-corrected chi connectivity index (χ4v) is 5.57. The third kappa shape index (κ3) is 5.51. The molecule has 1 amide bonds. The van der Waals surface area contributed by atoms with E-state index in [4.69, 9.17) is 14.2 Å². The summed E-state index contributed by atoms with van der Waals surface area (Å²) in [4.78, 5) is 22.4. The van der Waals surface area contributed by atoms with E-state index in [1.807, 2.05) is 18.7 Å². The average molecular weight is 468 g/mol. The summed E-state index contributed by atoms with van der Waals surface area (Å²) in [6, 6.07) is 0.441. The summed E-state index contributed by atoms with van der Waals surface area (Å²) in [6.45, 7) is 3.76. The van der Waals surface area contributed by atoms with E-state index in [-0.39, 0.29) is 47.6 Å². The van der Waals surface area contributed by atoms with Crippen LogP contribution in [0.5, 0.6) is 5.88 Å². The smallest absolute Gasteiger partial charge is 0.410 e. The Morgan fingerprint density at radius 2 is 1.59 bits per heavy atom. The molecule has 32 heavy (non-hydrogen) atoms. The van der Waals surface area contributed by atoms with Crippen molar-refractivity contribution in [2.75, 3.05) is 6.26 Å². The number of hydrogen-bond donors (Lipinski definition) is 0. The number of ether oxygens (including phenoxy) is 3. The van der Waals surface area contributed by atoms with Crippen molar-refractivity contribution in [2.45, 2.75) is 107 Å². The van der Waals surface area contributed by atoms with Gasteiger partial charge in [-0.05, 0) is 65.2 Å². The Balaban J connectivity index is 1.23. The molecule has 0 aromatic carbocycles. The maximum atomic E-state index is 12.4. The lowest BCUT2D eigenvalue weighted by Gasteiger charge is -2.40. The van der Waals surface area contributed by atoms with Gasteiger partial charge in [-0.2, -0.15) is 0 Å². The van der Waals surface area contributed by atoms with Gasteiger partial charge in [0.1, 0.15) is 6.10 Å². The Labute approximate surface area is 189 Å². The number of aromatic nitrogens is 2. The third-order valence-electron chi connectivity index (χ3n) is 6.52. The van der Waals surface area contributed by atoms with Crippen molar-refractivity contribution in [3.63, 3.8) is 0 Å². The number of rotatable bonds is 6. The SMILES string of the molecule is CC(C)OC(=O)N1[C@@H]2CC[C@H]1CC(OC1CCC(Oc3cnc(S(C)(=O)=O)cn3)CC1)C2. The predicted octanol–water partition coefficient (Wildman–Crippen LogP) is 3.13. The quantitative estimate of drug-likeness (QED) is 0.628. The van der Waals surface area contributed by atoms with Crippen molar-refractivity contribution in [2.24, 2.45) is 0 Å². The van der Waals surface area contributed by atoms with Crippen LogP contribution in [-0.2, 0) is 19.3 Å². The van der Waals surface area contributed by atoms with Crippen LogP contribution in [0.25, 0.3) is 0 Å². The number of fused-ring (bicyclic) bond motifs is 2. The minimum Gasteiger partial charge on any atom is -0.473 e. The molecule has 0 spiro atoms. The second-order valence-corrected chi connectivity index (χ2v) is 11.4. The molecule has 1 aromatic rings. The van der Waals surface area contributed by atoms with Crippen molar-refractivity contribution in [1.82, 2.24) is 14.9 Å². The molecular weight excluding hydrogens is 434 g/mol. The highest BCUT2D eigenvalue weighted by atomic mass is 32.2. The molecule has 2 aliphatic heterocycles. The predicted molar refractivity (Wildman–Crippen MR) is 116 cm³/mol. The normalized spacial score (nSPS) is 30.4. The summed E-state index contributed by atoms with van der Waals surface area (Å²) in [5.74, 6) is 0.346. The second-order valence-electron chi connectivity index (χ2n) is 9.44. The molecular formula is C22H33N3O6S. The summed E-state index contributed by atoms with van der Waals surface area (Å²) in [5, 5.41) is -0.0561. The number of piperidine rings is 1. The zero-order valence-electron chi connectivity index (χ0n) is 19.0. The number of carbonyl (C=O) groups excluding carboxylic acids is 1. The van der Waals surface area contributed by atoms with Crippen LogP contribution in [0.15, 0.2) is 17.4 Å². The van der Waals surface area contributed by atoms with Gasteiger partial charge in [0.25, 0.3) is 0 Å². The molecule has 2 saturated heterocycles. The van der Waals surface area contributed by atoms with E-state index in [9.17, 15) is 13.2 Å².